The minimum absolute atomic E-state index is 0.0918. The molecule has 1 aromatic rings. The van der Waals surface area contributed by atoms with Gasteiger partial charge in [-0.3, -0.25) is 4.79 Å². The average molecular weight is 312 g/mol. The van der Waals surface area contributed by atoms with Crippen LogP contribution in [0, 0.1) is 0 Å². The highest BCUT2D eigenvalue weighted by Crippen LogP contribution is 2.26. The van der Waals surface area contributed by atoms with Crippen LogP contribution in [0.4, 0.5) is 0 Å². The van der Waals surface area contributed by atoms with Gasteiger partial charge in [-0.2, -0.15) is 4.31 Å². The Morgan fingerprint density at radius 1 is 1.33 bits per heavy atom. The number of carbonyl (C=O) groups is 1. The van der Waals surface area contributed by atoms with Gasteiger partial charge in [0.05, 0.1) is 14.9 Å². The standard InChI is InChI=1S/C10H11Cl2NO4S/c1-6(10(14)15)13(2)18(16,17)7-3-4-8(11)9(12)5-7/h3-6H,1-2H3,(H,14,15). The van der Waals surface area contributed by atoms with Crippen LogP contribution in [0.1, 0.15) is 6.92 Å². The normalized spacial score (nSPS) is 13.6. The molecule has 1 atom stereocenters. The van der Waals surface area contributed by atoms with Gasteiger partial charge in [-0.1, -0.05) is 23.2 Å². The van der Waals surface area contributed by atoms with Crippen molar-refractivity contribution in [3.05, 3.63) is 28.2 Å². The molecule has 100 valence electrons. The number of halogens is 2. The highest BCUT2D eigenvalue weighted by atomic mass is 35.5. The molecular weight excluding hydrogens is 301 g/mol. The van der Waals surface area contributed by atoms with Crippen molar-refractivity contribution in [3.8, 4) is 0 Å². The SMILES string of the molecule is CC(C(=O)O)N(C)S(=O)(=O)c1ccc(Cl)c(Cl)c1. The Bertz CT molecular complexity index is 573. The number of sulfonamides is 1. The maximum Gasteiger partial charge on any atom is 0.321 e. The van der Waals surface area contributed by atoms with Crippen LogP contribution in [0.5, 0.6) is 0 Å². The highest BCUT2D eigenvalue weighted by Gasteiger charge is 2.29. The van der Waals surface area contributed by atoms with Crippen molar-refractivity contribution >= 4 is 39.2 Å². The van der Waals surface area contributed by atoms with E-state index in [2.05, 4.69) is 0 Å². The number of rotatable bonds is 4. The number of carboxylic acid groups (broad SMARTS) is 1. The summed E-state index contributed by atoms with van der Waals surface area (Å²) in [7, 11) is -2.72. The lowest BCUT2D eigenvalue weighted by Gasteiger charge is -2.21. The van der Waals surface area contributed by atoms with Gasteiger partial charge in [0, 0.05) is 7.05 Å². The smallest absolute Gasteiger partial charge is 0.321 e. The van der Waals surface area contributed by atoms with Gasteiger partial charge in [0.2, 0.25) is 10.0 Å². The Hall–Kier alpha value is -0.820. The Balaban J connectivity index is 3.21. The molecule has 0 aromatic heterocycles. The molecule has 8 heteroatoms. The lowest BCUT2D eigenvalue weighted by atomic mass is 10.4. The molecule has 0 fully saturated rings. The zero-order chi connectivity index (χ0) is 14.1. The molecule has 0 bridgehead atoms. The van der Waals surface area contributed by atoms with E-state index in [4.69, 9.17) is 28.3 Å². The van der Waals surface area contributed by atoms with Crippen molar-refractivity contribution in [2.24, 2.45) is 0 Å². The molecule has 1 N–H and O–H groups in total. The fourth-order valence-corrected chi connectivity index (χ4v) is 2.88. The average Bonchev–Trinajstić information content (AvgIpc) is 2.30. The topological polar surface area (TPSA) is 74.7 Å². The quantitative estimate of drug-likeness (QED) is 0.924. The molecule has 0 aliphatic carbocycles. The van der Waals surface area contributed by atoms with E-state index >= 15 is 0 Å². The van der Waals surface area contributed by atoms with E-state index in [-0.39, 0.29) is 14.9 Å². The number of benzene rings is 1. The summed E-state index contributed by atoms with van der Waals surface area (Å²) < 4.78 is 25.0. The van der Waals surface area contributed by atoms with Gasteiger partial charge in [0.25, 0.3) is 0 Å². The van der Waals surface area contributed by atoms with Crippen LogP contribution in [-0.4, -0.2) is 36.9 Å². The molecule has 0 amide bonds. The Morgan fingerprint density at radius 3 is 2.33 bits per heavy atom. The van der Waals surface area contributed by atoms with E-state index in [1.54, 1.807) is 0 Å². The lowest BCUT2D eigenvalue weighted by Crippen LogP contribution is -2.40. The summed E-state index contributed by atoms with van der Waals surface area (Å²) in [6.45, 7) is 1.28. The van der Waals surface area contributed by atoms with Crippen LogP contribution >= 0.6 is 23.2 Å². The highest BCUT2D eigenvalue weighted by molar-refractivity contribution is 7.89. The van der Waals surface area contributed by atoms with Crippen molar-refractivity contribution in [2.45, 2.75) is 17.9 Å². The zero-order valence-electron chi connectivity index (χ0n) is 9.59. The molecule has 0 heterocycles. The first-order valence-corrected chi connectivity index (χ1v) is 7.03. The third-order valence-corrected chi connectivity index (χ3v) is 5.13. The van der Waals surface area contributed by atoms with Crippen LogP contribution in [0.15, 0.2) is 23.1 Å². The molecule has 0 aliphatic rings. The molecular formula is C10H11Cl2NO4S. The van der Waals surface area contributed by atoms with Crippen LogP contribution in [0.25, 0.3) is 0 Å². The van der Waals surface area contributed by atoms with Gasteiger partial charge >= 0.3 is 5.97 Å². The second kappa shape index (κ2) is 5.44. The Kier molecular flexibility index (Phi) is 4.61. The van der Waals surface area contributed by atoms with E-state index in [1.165, 1.54) is 32.2 Å². The molecule has 0 radical (unpaired) electrons. The molecule has 0 saturated heterocycles. The number of nitrogens with zero attached hydrogens (tertiary/aromatic N) is 1. The molecule has 0 saturated carbocycles. The number of aliphatic carboxylic acids is 1. The van der Waals surface area contributed by atoms with Crippen LogP contribution < -0.4 is 0 Å². The molecule has 1 rings (SSSR count). The summed E-state index contributed by atoms with van der Waals surface area (Å²) in [5.41, 5.74) is 0. The molecule has 1 unspecified atom stereocenters. The van der Waals surface area contributed by atoms with E-state index in [9.17, 15) is 13.2 Å². The predicted octanol–water partition coefficient (Wildman–Crippen LogP) is 2.09. The van der Waals surface area contributed by atoms with Gasteiger partial charge < -0.3 is 5.11 Å². The molecule has 1 aromatic carbocycles. The van der Waals surface area contributed by atoms with E-state index < -0.39 is 22.0 Å². The molecule has 0 aliphatic heterocycles. The summed E-state index contributed by atoms with van der Waals surface area (Å²) in [5, 5.41) is 9.13. The number of hydrogen-bond donors (Lipinski definition) is 1. The zero-order valence-corrected chi connectivity index (χ0v) is 11.9. The van der Waals surface area contributed by atoms with Crippen molar-refractivity contribution < 1.29 is 18.3 Å². The lowest BCUT2D eigenvalue weighted by molar-refractivity contribution is -0.140. The van der Waals surface area contributed by atoms with E-state index in [1.807, 2.05) is 0 Å². The fraction of sp³-hybridized carbons (Fsp3) is 0.300. The first-order chi connectivity index (χ1) is 8.17. The monoisotopic (exact) mass is 311 g/mol. The minimum Gasteiger partial charge on any atom is -0.480 e. The van der Waals surface area contributed by atoms with Crippen LogP contribution in [0.3, 0.4) is 0 Å². The maximum absolute atomic E-state index is 12.1. The van der Waals surface area contributed by atoms with Gasteiger partial charge in [0.1, 0.15) is 6.04 Å². The summed E-state index contributed by atoms with van der Waals surface area (Å²) >= 11 is 11.4. The predicted molar refractivity (Wildman–Crippen MR) is 68.5 cm³/mol. The molecule has 18 heavy (non-hydrogen) atoms. The molecule has 0 spiro atoms. The molecule has 5 nitrogen and oxygen atoms in total. The maximum atomic E-state index is 12.1. The first-order valence-electron chi connectivity index (χ1n) is 4.84. The van der Waals surface area contributed by atoms with Crippen LogP contribution in [0.2, 0.25) is 10.0 Å². The largest absolute Gasteiger partial charge is 0.480 e. The van der Waals surface area contributed by atoms with Crippen molar-refractivity contribution in [1.82, 2.24) is 4.31 Å². The van der Waals surface area contributed by atoms with Crippen molar-refractivity contribution in [1.29, 1.82) is 0 Å². The van der Waals surface area contributed by atoms with Crippen LogP contribution in [-0.2, 0) is 14.8 Å². The Labute approximate surface area is 115 Å². The van der Waals surface area contributed by atoms with Crippen molar-refractivity contribution in [3.63, 3.8) is 0 Å². The first kappa shape index (κ1) is 15.2. The van der Waals surface area contributed by atoms with Gasteiger partial charge in [-0.05, 0) is 25.1 Å². The minimum atomic E-state index is -3.91. The van der Waals surface area contributed by atoms with Gasteiger partial charge in [-0.25, -0.2) is 8.42 Å². The summed E-state index contributed by atoms with van der Waals surface area (Å²) in [6, 6.07) is 2.62. The second-order valence-corrected chi connectivity index (χ2v) is 6.42. The number of likely N-dealkylation sites (N-methyl/N-ethyl adjacent to an activating group) is 1. The van der Waals surface area contributed by atoms with E-state index in [0.29, 0.717) is 0 Å². The summed E-state index contributed by atoms with van der Waals surface area (Å²) in [4.78, 5) is 10.7. The number of carboxylic acids is 1. The van der Waals surface area contributed by atoms with Gasteiger partial charge in [-0.15, -0.1) is 0 Å². The fourth-order valence-electron chi connectivity index (χ4n) is 1.17. The Morgan fingerprint density at radius 2 is 1.89 bits per heavy atom. The third-order valence-electron chi connectivity index (χ3n) is 2.47. The van der Waals surface area contributed by atoms with E-state index in [0.717, 1.165) is 4.31 Å². The van der Waals surface area contributed by atoms with Crippen molar-refractivity contribution in [2.75, 3.05) is 7.05 Å². The third kappa shape index (κ3) is 2.95. The second-order valence-electron chi connectivity index (χ2n) is 3.61. The summed E-state index contributed by atoms with van der Waals surface area (Å²) in [6.07, 6.45) is 0. The number of hydrogen-bond acceptors (Lipinski definition) is 3. The summed E-state index contributed by atoms with van der Waals surface area (Å²) in [5.74, 6) is -1.24. The van der Waals surface area contributed by atoms with Gasteiger partial charge in [0.15, 0.2) is 0 Å².